The molecule has 6 nitrogen and oxygen atoms in total. The second-order valence-corrected chi connectivity index (χ2v) is 6.57. The van der Waals surface area contributed by atoms with E-state index in [-0.39, 0.29) is 48.4 Å². The highest BCUT2D eigenvalue weighted by molar-refractivity contribution is 5.85. The Morgan fingerprint density at radius 2 is 1.80 bits per heavy atom. The zero-order valence-electron chi connectivity index (χ0n) is 14.1. The van der Waals surface area contributed by atoms with Crippen molar-refractivity contribution in [2.45, 2.75) is 31.4 Å². The molecule has 1 aliphatic heterocycles. The van der Waals surface area contributed by atoms with Gasteiger partial charge in [0.25, 0.3) is 0 Å². The molecule has 25 heavy (non-hydrogen) atoms. The Morgan fingerprint density at radius 1 is 1.12 bits per heavy atom. The molecule has 1 saturated heterocycles. The summed E-state index contributed by atoms with van der Waals surface area (Å²) in [7, 11) is 0. The molecular formula is C17H27Cl2N3O3. The number of phenols is 1. The summed E-state index contributed by atoms with van der Waals surface area (Å²) in [6.45, 7) is 2.89. The van der Waals surface area contributed by atoms with E-state index in [9.17, 15) is 15.0 Å². The van der Waals surface area contributed by atoms with Crippen LogP contribution in [0, 0.1) is 5.92 Å². The van der Waals surface area contributed by atoms with Gasteiger partial charge in [-0.1, -0.05) is 6.07 Å². The summed E-state index contributed by atoms with van der Waals surface area (Å²) >= 11 is 0. The van der Waals surface area contributed by atoms with Crippen LogP contribution < -0.4 is 10.6 Å². The maximum Gasteiger partial charge on any atom is 0.225 e. The number of rotatable bonds is 2. The summed E-state index contributed by atoms with van der Waals surface area (Å²) in [5, 5.41) is 19.3. The van der Waals surface area contributed by atoms with Crippen LogP contribution in [0.15, 0.2) is 24.3 Å². The molecule has 4 N–H and O–H groups in total. The summed E-state index contributed by atoms with van der Waals surface area (Å²) in [5.74, 6) is 0.374. The highest BCUT2D eigenvalue weighted by atomic mass is 35.5. The van der Waals surface area contributed by atoms with Crippen LogP contribution in [0.3, 0.4) is 0 Å². The minimum Gasteiger partial charge on any atom is -0.508 e. The number of nitrogens with zero attached hydrogens (tertiary/aromatic N) is 2. The fourth-order valence-corrected chi connectivity index (χ4v) is 3.55. The van der Waals surface area contributed by atoms with Crippen LogP contribution in [0.5, 0.6) is 5.75 Å². The minimum absolute atomic E-state index is 0. The number of nitrogens with two attached hydrogens (primary N) is 1. The summed E-state index contributed by atoms with van der Waals surface area (Å²) in [6, 6.07) is 6.92. The van der Waals surface area contributed by atoms with Crippen molar-refractivity contribution in [1.29, 1.82) is 0 Å². The highest BCUT2D eigenvalue weighted by Crippen LogP contribution is 2.27. The average molecular weight is 392 g/mol. The number of carbonyl (C=O) groups excluding carboxylic acids is 1. The van der Waals surface area contributed by atoms with Gasteiger partial charge in [0.15, 0.2) is 0 Å². The predicted molar refractivity (Wildman–Crippen MR) is 103 cm³/mol. The quantitative estimate of drug-likeness (QED) is 0.708. The zero-order valence-corrected chi connectivity index (χ0v) is 15.7. The van der Waals surface area contributed by atoms with Crippen LogP contribution in [0.4, 0.5) is 5.69 Å². The van der Waals surface area contributed by atoms with Gasteiger partial charge >= 0.3 is 0 Å². The van der Waals surface area contributed by atoms with E-state index in [0.717, 1.165) is 25.2 Å². The highest BCUT2D eigenvalue weighted by Gasteiger charge is 2.34. The lowest BCUT2D eigenvalue weighted by Gasteiger charge is -2.39. The van der Waals surface area contributed by atoms with Gasteiger partial charge in [0.05, 0.1) is 6.10 Å². The van der Waals surface area contributed by atoms with Crippen molar-refractivity contribution in [3.05, 3.63) is 24.3 Å². The maximum atomic E-state index is 12.6. The molecule has 1 heterocycles. The Labute approximate surface area is 160 Å². The molecule has 2 aliphatic rings. The third kappa shape index (κ3) is 5.14. The summed E-state index contributed by atoms with van der Waals surface area (Å²) in [4.78, 5) is 16.7. The third-order valence-electron chi connectivity index (χ3n) is 5.00. The Hall–Kier alpha value is -1.21. The summed E-state index contributed by atoms with van der Waals surface area (Å²) in [5.41, 5.74) is 6.88. The normalized spacial score (nSPS) is 26.4. The molecule has 1 aromatic carbocycles. The van der Waals surface area contributed by atoms with Crippen LogP contribution in [0.25, 0.3) is 0 Å². The molecule has 2 fully saturated rings. The van der Waals surface area contributed by atoms with Crippen molar-refractivity contribution in [2.24, 2.45) is 11.7 Å². The number of phenolic OH excluding ortho intramolecular Hbond substituents is 1. The molecule has 1 aromatic rings. The van der Waals surface area contributed by atoms with Gasteiger partial charge in [-0.3, -0.25) is 4.79 Å². The number of benzene rings is 1. The lowest BCUT2D eigenvalue weighted by atomic mass is 9.83. The number of anilines is 1. The van der Waals surface area contributed by atoms with Gasteiger partial charge in [0, 0.05) is 49.9 Å². The van der Waals surface area contributed by atoms with Crippen LogP contribution >= 0.6 is 24.8 Å². The first-order chi connectivity index (χ1) is 11.0. The Kier molecular flexibility index (Phi) is 8.28. The molecule has 3 rings (SSSR count). The third-order valence-corrected chi connectivity index (χ3v) is 5.00. The van der Waals surface area contributed by atoms with E-state index in [1.54, 1.807) is 12.1 Å². The van der Waals surface area contributed by atoms with Crippen LogP contribution in [0.2, 0.25) is 0 Å². The van der Waals surface area contributed by atoms with Crippen LogP contribution in [0.1, 0.15) is 19.3 Å². The Bertz CT molecular complexity index is 568. The first-order valence-electron chi connectivity index (χ1n) is 8.31. The van der Waals surface area contributed by atoms with E-state index in [1.165, 1.54) is 0 Å². The average Bonchev–Trinajstić information content (AvgIpc) is 2.57. The summed E-state index contributed by atoms with van der Waals surface area (Å²) < 4.78 is 0. The Balaban J connectivity index is 0.00000156. The lowest BCUT2D eigenvalue weighted by Crippen LogP contribution is -2.52. The topological polar surface area (TPSA) is 90.0 Å². The number of carbonyl (C=O) groups is 1. The van der Waals surface area contributed by atoms with E-state index in [0.29, 0.717) is 25.9 Å². The van der Waals surface area contributed by atoms with E-state index in [1.807, 2.05) is 17.0 Å². The monoisotopic (exact) mass is 391 g/mol. The Morgan fingerprint density at radius 3 is 2.40 bits per heavy atom. The molecule has 0 unspecified atom stereocenters. The van der Waals surface area contributed by atoms with Gasteiger partial charge in [0.1, 0.15) is 5.75 Å². The van der Waals surface area contributed by atoms with Gasteiger partial charge in [0.2, 0.25) is 5.91 Å². The first kappa shape index (κ1) is 21.8. The van der Waals surface area contributed by atoms with Crippen LogP contribution in [-0.4, -0.2) is 59.3 Å². The number of aliphatic hydroxyl groups excluding tert-OH is 1. The predicted octanol–water partition coefficient (Wildman–Crippen LogP) is 1.37. The number of hydrogen-bond donors (Lipinski definition) is 3. The van der Waals surface area contributed by atoms with Gasteiger partial charge in [-0.15, -0.1) is 24.8 Å². The standard InChI is InChI=1S/C17H25N3O3.2ClH/c18-15-10-12(4-5-16(15)22)17(23)20-8-6-19(7-9-20)13-2-1-3-14(21)11-13;;/h1-3,11-12,15-16,21-22H,4-10,18H2;2*1H/t12-,15+,16+;;/m0../s1. The molecule has 8 heteroatoms. The molecule has 0 aromatic heterocycles. The number of amides is 1. The van der Waals surface area contributed by atoms with Crippen molar-refractivity contribution >= 4 is 36.4 Å². The maximum absolute atomic E-state index is 12.6. The SMILES string of the molecule is Cl.Cl.N[C@@H]1C[C@@H](C(=O)N2CCN(c3cccc(O)c3)CC2)CC[C@H]1O. The molecule has 1 aliphatic carbocycles. The van der Waals surface area contributed by atoms with Crippen molar-refractivity contribution < 1.29 is 15.0 Å². The summed E-state index contributed by atoms with van der Waals surface area (Å²) in [6.07, 6.45) is 1.44. The molecular weight excluding hydrogens is 365 g/mol. The minimum atomic E-state index is -0.471. The van der Waals surface area contributed by atoms with E-state index in [4.69, 9.17) is 5.73 Å². The van der Waals surface area contributed by atoms with Crippen molar-refractivity contribution in [1.82, 2.24) is 4.90 Å². The van der Waals surface area contributed by atoms with E-state index in [2.05, 4.69) is 4.90 Å². The van der Waals surface area contributed by atoms with Crippen LogP contribution in [-0.2, 0) is 4.79 Å². The second-order valence-electron chi connectivity index (χ2n) is 6.57. The zero-order chi connectivity index (χ0) is 16.4. The number of halogens is 2. The number of aliphatic hydroxyl groups is 1. The first-order valence-corrected chi connectivity index (χ1v) is 8.31. The smallest absolute Gasteiger partial charge is 0.225 e. The fraction of sp³-hybridized carbons (Fsp3) is 0.588. The van der Waals surface area contributed by atoms with E-state index >= 15 is 0 Å². The van der Waals surface area contributed by atoms with Gasteiger partial charge < -0.3 is 25.7 Å². The van der Waals surface area contributed by atoms with Gasteiger partial charge in [-0.25, -0.2) is 0 Å². The largest absolute Gasteiger partial charge is 0.508 e. The second kappa shape index (κ2) is 9.48. The molecule has 1 saturated carbocycles. The molecule has 3 atom stereocenters. The molecule has 0 bridgehead atoms. The fourth-order valence-electron chi connectivity index (χ4n) is 3.55. The molecule has 1 amide bonds. The van der Waals surface area contributed by atoms with Crippen molar-refractivity contribution in [2.75, 3.05) is 31.1 Å². The molecule has 142 valence electrons. The van der Waals surface area contributed by atoms with Gasteiger partial charge in [-0.05, 0) is 31.4 Å². The number of hydrogen-bond acceptors (Lipinski definition) is 5. The number of aromatic hydroxyl groups is 1. The molecule has 0 radical (unpaired) electrons. The van der Waals surface area contributed by atoms with Gasteiger partial charge in [-0.2, -0.15) is 0 Å². The van der Waals surface area contributed by atoms with Crippen molar-refractivity contribution in [3.63, 3.8) is 0 Å². The van der Waals surface area contributed by atoms with Crippen molar-refractivity contribution in [3.8, 4) is 5.75 Å². The number of piperazine rings is 1. The lowest BCUT2D eigenvalue weighted by molar-refractivity contribution is -0.137. The van der Waals surface area contributed by atoms with E-state index < -0.39 is 6.10 Å². The molecule has 0 spiro atoms.